The van der Waals surface area contributed by atoms with Gasteiger partial charge in [-0.3, -0.25) is 4.79 Å². The standard InChI is InChI=1S/C21H19FN2O3S/c1-28(26,27)20-13-16(22)11-12-19(20)23-14-21(25)24-18-10-6-5-9-17(18)15-7-3-2-4-8-15/h2-13,23H,14H2,1H3,(H,24,25). The van der Waals surface area contributed by atoms with Crippen LogP contribution in [-0.2, 0) is 14.6 Å². The fourth-order valence-electron chi connectivity index (χ4n) is 2.78. The van der Waals surface area contributed by atoms with Gasteiger partial charge in [0.15, 0.2) is 9.84 Å². The first-order valence-electron chi connectivity index (χ1n) is 8.52. The Kier molecular flexibility index (Phi) is 5.75. The molecule has 0 fully saturated rings. The van der Waals surface area contributed by atoms with Gasteiger partial charge in [-0.25, -0.2) is 12.8 Å². The summed E-state index contributed by atoms with van der Waals surface area (Å²) in [6.07, 6.45) is 0.989. The molecule has 2 N–H and O–H groups in total. The van der Waals surface area contributed by atoms with Gasteiger partial charge in [-0.2, -0.15) is 0 Å². The van der Waals surface area contributed by atoms with Crippen LogP contribution in [0.4, 0.5) is 15.8 Å². The first-order chi connectivity index (χ1) is 13.3. The van der Waals surface area contributed by atoms with E-state index in [1.807, 2.05) is 48.5 Å². The van der Waals surface area contributed by atoms with Crippen LogP contribution in [0, 0.1) is 5.82 Å². The van der Waals surface area contributed by atoms with Gasteiger partial charge in [-0.15, -0.1) is 0 Å². The van der Waals surface area contributed by atoms with Crippen molar-refractivity contribution in [3.05, 3.63) is 78.6 Å². The molecule has 0 heterocycles. The molecule has 0 bridgehead atoms. The largest absolute Gasteiger partial charge is 0.375 e. The third kappa shape index (κ3) is 4.75. The van der Waals surface area contributed by atoms with Gasteiger partial charge in [-0.1, -0.05) is 48.5 Å². The van der Waals surface area contributed by atoms with Crippen molar-refractivity contribution < 1.29 is 17.6 Å². The molecule has 3 rings (SSSR count). The van der Waals surface area contributed by atoms with Gasteiger partial charge in [0.1, 0.15) is 5.82 Å². The zero-order valence-electron chi connectivity index (χ0n) is 15.1. The summed E-state index contributed by atoms with van der Waals surface area (Å²) in [6, 6.07) is 20.4. The van der Waals surface area contributed by atoms with Gasteiger partial charge in [0.2, 0.25) is 5.91 Å². The lowest BCUT2D eigenvalue weighted by Crippen LogP contribution is -2.23. The average molecular weight is 398 g/mol. The maximum atomic E-state index is 13.4. The van der Waals surface area contributed by atoms with Crippen molar-refractivity contribution in [3.63, 3.8) is 0 Å². The number of para-hydroxylation sites is 1. The summed E-state index contributed by atoms with van der Waals surface area (Å²) >= 11 is 0. The van der Waals surface area contributed by atoms with E-state index in [1.165, 1.54) is 6.07 Å². The number of halogens is 1. The number of carbonyl (C=O) groups excluding carboxylic acids is 1. The van der Waals surface area contributed by atoms with E-state index in [4.69, 9.17) is 0 Å². The molecule has 0 aromatic heterocycles. The van der Waals surface area contributed by atoms with Crippen LogP contribution in [0.5, 0.6) is 0 Å². The summed E-state index contributed by atoms with van der Waals surface area (Å²) in [6.45, 7) is -0.169. The molecule has 0 saturated carbocycles. The van der Waals surface area contributed by atoms with E-state index in [2.05, 4.69) is 10.6 Å². The predicted octanol–water partition coefficient (Wildman–Crippen LogP) is 3.95. The zero-order valence-corrected chi connectivity index (χ0v) is 16.0. The molecule has 0 saturated heterocycles. The number of nitrogens with one attached hydrogen (secondary N) is 2. The molecule has 3 aromatic rings. The summed E-state index contributed by atoms with van der Waals surface area (Å²) in [5, 5.41) is 5.59. The number of carbonyl (C=O) groups is 1. The summed E-state index contributed by atoms with van der Waals surface area (Å²) in [7, 11) is -3.64. The first-order valence-corrected chi connectivity index (χ1v) is 10.4. The van der Waals surface area contributed by atoms with E-state index in [0.29, 0.717) is 5.69 Å². The number of anilines is 2. The summed E-state index contributed by atoms with van der Waals surface area (Å²) in [4.78, 5) is 12.2. The molecule has 7 heteroatoms. The molecule has 0 unspecified atom stereocenters. The number of amides is 1. The normalized spacial score (nSPS) is 11.1. The van der Waals surface area contributed by atoms with Crippen LogP contribution in [0.2, 0.25) is 0 Å². The van der Waals surface area contributed by atoms with Crippen LogP contribution in [0.25, 0.3) is 11.1 Å². The lowest BCUT2D eigenvalue weighted by Gasteiger charge is -2.13. The third-order valence-electron chi connectivity index (χ3n) is 4.07. The smallest absolute Gasteiger partial charge is 0.243 e. The highest BCUT2D eigenvalue weighted by atomic mass is 32.2. The van der Waals surface area contributed by atoms with E-state index in [0.717, 1.165) is 29.5 Å². The van der Waals surface area contributed by atoms with Crippen molar-refractivity contribution in [2.75, 3.05) is 23.4 Å². The Morgan fingerprint density at radius 2 is 1.61 bits per heavy atom. The van der Waals surface area contributed by atoms with Crippen LogP contribution < -0.4 is 10.6 Å². The molecule has 3 aromatic carbocycles. The molecule has 1 amide bonds. The number of hydrogen-bond acceptors (Lipinski definition) is 4. The predicted molar refractivity (Wildman–Crippen MR) is 109 cm³/mol. The van der Waals surface area contributed by atoms with Crippen molar-refractivity contribution in [3.8, 4) is 11.1 Å². The van der Waals surface area contributed by atoms with E-state index in [1.54, 1.807) is 6.07 Å². The molecule has 28 heavy (non-hydrogen) atoms. The SMILES string of the molecule is CS(=O)(=O)c1cc(F)ccc1NCC(=O)Nc1ccccc1-c1ccccc1. The second-order valence-electron chi connectivity index (χ2n) is 6.23. The third-order valence-corrected chi connectivity index (χ3v) is 5.21. The molecule has 5 nitrogen and oxygen atoms in total. The molecular weight excluding hydrogens is 379 g/mol. The Morgan fingerprint density at radius 3 is 2.32 bits per heavy atom. The molecule has 0 radical (unpaired) electrons. The fraction of sp³-hybridized carbons (Fsp3) is 0.0952. The van der Waals surface area contributed by atoms with Crippen LogP contribution in [0.15, 0.2) is 77.7 Å². The number of rotatable bonds is 6. The van der Waals surface area contributed by atoms with Crippen molar-refractivity contribution >= 4 is 27.1 Å². The van der Waals surface area contributed by atoms with Crippen LogP contribution in [-0.4, -0.2) is 27.1 Å². The summed E-state index contributed by atoms with van der Waals surface area (Å²) in [5.41, 5.74) is 2.65. The highest BCUT2D eigenvalue weighted by molar-refractivity contribution is 7.90. The molecule has 0 atom stereocenters. The Labute approximate surface area is 163 Å². The highest BCUT2D eigenvalue weighted by Gasteiger charge is 2.15. The molecule has 144 valence electrons. The maximum Gasteiger partial charge on any atom is 0.243 e. The van der Waals surface area contributed by atoms with Crippen molar-refractivity contribution in [1.82, 2.24) is 0 Å². The zero-order chi connectivity index (χ0) is 20.1. The second-order valence-corrected chi connectivity index (χ2v) is 8.21. The molecule has 0 aliphatic rings. The van der Waals surface area contributed by atoms with Crippen LogP contribution in [0.3, 0.4) is 0 Å². The molecule has 0 aliphatic heterocycles. The second kappa shape index (κ2) is 8.22. The number of benzene rings is 3. The first kappa shape index (κ1) is 19.6. The summed E-state index contributed by atoms with van der Waals surface area (Å²) in [5.74, 6) is -1.01. The lowest BCUT2D eigenvalue weighted by molar-refractivity contribution is -0.114. The lowest BCUT2D eigenvalue weighted by atomic mass is 10.0. The van der Waals surface area contributed by atoms with Gasteiger partial charge < -0.3 is 10.6 Å². The average Bonchev–Trinajstić information content (AvgIpc) is 2.67. The van der Waals surface area contributed by atoms with Gasteiger partial charge >= 0.3 is 0 Å². The van der Waals surface area contributed by atoms with Crippen molar-refractivity contribution in [2.45, 2.75) is 4.90 Å². The van der Waals surface area contributed by atoms with Gasteiger partial charge in [0.25, 0.3) is 0 Å². The monoisotopic (exact) mass is 398 g/mol. The molecule has 0 spiro atoms. The topological polar surface area (TPSA) is 75.3 Å². The van der Waals surface area contributed by atoms with Crippen molar-refractivity contribution in [2.24, 2.45) is 0 Å². The highest BCUT2D eigenvalue weighted by Crippen LogP contribution is 2.27. The minimum absolute atomic E-state index is 0.169. The van der Waals surface area contributed by atoms with E-state index in [9.17, 15) is 17.6 Å². The maximum absolute atomic E-state index is 13.4. The van der Waals surface area contributed by atoms with Crippen molar-refractivity contribution in [1.29, 1.82) is 0 Å². The van der Waals surface area contributed by atoms with Gasteiger partial charge in [0, 0.05) is 17.5 Å². The minimum atomic E-state index is -3.64. The molecule has 0 aliphatic carbocycles. The van der Waals surface area contributed by atoms with E-state index < -0.39 is 15.7 Å². The Balaban J connectivity index is 1.75. The Hall–Kier alpha value is -3.19. The minimum Gasteiger partial charge on any atom is -0.375 e. The fourth-order valence-corrected chi connectivity index (χ4v) is 3.65. The van der Waals surface area contributed by atoms with Crippen LogP contribution in [0.1, 0.15) is 0 Å². The molecular formula is C21H19FN2O3S. The number of sulfone groups is 1. The Morgan fingerprint density at radius 1 is 0.929 bits per heavy atom. The van der Waals surface area contributed by atoms with Gasteiger partial charge in [0.05, 0.1) is 17.1 Å². The van der Waals surface area contributed by atoms with E-state index >= 15 is 0 Å². The quantitative estimate of drug-likeness (QED) is 0.659. The van der Waals surface area contributed by atoms with Gasteiger partial charge in [-0.05, 0) is 29.8 Å². The van der Waals surface area contributed by atoms with E-state index in [-0.39, 0.29) is 23.0 Å². The number of hydrogen-bond donors (Lipinski definition) is 2. The van der Waals surface area contributed by atoms with Crippen LogP contribution >= 0.6 is 0 Å². The summed E-state index contributed by atoms with van der Waals surface area (Å²) < 4.78 is 37.1. The Bertz CT molecular complexity index is 1100.